The van der Waals surface area contributed by atoms with Crippen molar-refractivity contribution < 1.29 is 24.2 Å². The SMILES string of the molecule is CC(C)(C)OC(=O)N(CC(=O)O)CC(=O)N1CCc2ccccc2C1. The van der Waals surface area contributed by atoms with Crippen LogP contribution in [0.5, 0.6) is 0 Å². The Morgan fingerprint density at radius 1 is 1.16 bits per heavy atom. The third-order valence-corrected chi connectivity index (χ3v) is 3.79. The minimum Gasteiger partial charge on any atom is -0.480 e. The van der Waals surface area contributed by atoms with Gasteiger partial charge in [0, 0.05) is 13.1 Å². The predicted molar refractivity (Wildman–Crippen MR) is 91.0 cm³/mol. The molecule has 1 aromatic rings. The topological polar surface area (TPSA) is 87.1 Å². The standard InChI is InChI=1S/C18H24N2O5/c1-18(2,3)25-17(24)20(12-16(22)23)11-15(21)19-9-8-13-6-4-5-7-14(13)10-19/h4-7H,8-12H2,1-3H3,(H,22,23). The Labute approximate surface area is 147 Å². The van der Waals surface area contributed by atoms with E-state index in [-0.39, 0.29) is 12.5 Å². The van der Waals surface area contributed by atoms with Crippen molar-refractivity contribution in [2.45, 2.75) is 39.3 Å². The van der Waals surface area contributed by atoms with Crippen LogP contribution in [0.2, 0.25) is 0 Å². The molecule has 0 spiro atoms. The lowest BCUT2D eigenvalue weighted by molar-refractivity contribution is -0.139. The van der Waals surface area contributed by atoms with E-state index in [0.29, 0.717) is 13.1 Å². The molecule has 136 valence electrons. The molecule has 0 aliphatic carbocycles. The summed E-state index contributed by atoms with van der Waals surface area (Å²) in [6, 6.07) is 7.89. The van der Waals surface area contributed by atoms with Gasteiger partial charge < -0.3 is 14.7 Å². The molecule has 0 unspecified atom stereocenters. The molecule has 25 heavy (non-hydrogen) atoms. The van der Waals surface area contributed by atoms with Crippen molar-refractivity contribution in [3.8, 4) is 0 Å². The molecule has 0 atom stereocenters. The van der Waals surface area contributed by atoms with Crippen LogP contribution in [0.15, 0.2) is 24.3 Å². The third-order valence-electron chi connectivity index (χ3n) is 3.79. The number of nitrogens with zero attached hydrogens (tertiary/aromatic N) is 2. The molecule has 0 aromatic heterocycles. The number of ether oxygens (including phenoxy) is 1. The molecule has 1 aliphatic rings. The number of hydrogen-bond donors (Lipinski definition) is 1. The summed E-state index contributed by atoms with van der Waals surface area (Å²) in [5.74, 6) is -1.48. The lowest BCUT2D eigenvalue weighted by Crippen LogP contribution is -2.47. The highest BCUT2D eigenvalue weighted by molar-refractivity contribution is 5.85. The van der Waals surface area contributed by atoms with E-state index >= 15 is 0 Å². The Balaban J connectivity index is 2.04. The maximum absolute atomic E-state index is 12.6. The number of benzene rings is 1. The predicted octanol–water partition coefficient (Wildman–Crippen LogP) is 1.89. The summed E-state index contributed by atoms with van der Waals surface area (Å²) in [4.78, 5) is 38.3. The van der Waals surface area contributed by atoms with E-state index in [9.17, 15) is 14.4 Å². The van der Waals surface area contributed by atoms with Gasteiger partial charge in [-0.1, -0.05) is 24.3 Å². The summed E-state index contributed by atoms with van der Waals surface area (Å²) in [5, 5.41) is 9.01. The van der Waals surface area contributed by atoms with E-state index in [1.807, 2.05) is 24.3 Å². The van der Waals surface area contributed by atoms with Crippen LogP contribution in [-0.2, 0) is 27.3 Å². The van der Waals surface area contributed by atoms with Crippen molar-refractivity contribution >= 4 is 18.0 Å². The van der Waals surface area contributed by atoms with Crippen molar-refractivity contribution in [2.24, 2.45) is 0 Å². The van der Waals surface area contributed by atoms with Crippen LogP contribution in [-0.4, -0.2) is 58.1 Å². The van der Waals surface area contributed by atoms with Gasteiger partial charge in [-0.05, 0) is 38.3 Å². The van der Waals surface area contributed by atoms with Crippen molar-refractivity contribution in [1.82, 2.24) is 9.80 Å². The zero-order chi connectivity index (χ0) is 18.6. The number of amides is 2. The van der Waals surface area contributed by atoms with Crippen LogP contribution in [0.4, 0.5) is 4.79 Å². The molecule has 7 heteroatoms. The van der Waals surface area contributed by atoms with E-state index in [0.717, 1.165) is 16.9 Å². The van der Waals surface area contributed by atoms with Gasteiger partial charge in [0.2, 0.25) is 5.91 Å². The van der Waals surface area contributed by atoms with Crippen LogP contribution in [0, 0.1) is 0 Å². The van der Waals surface area contributed by atoms with Crippen molar-refractivity contribution in [3.63, 3.8) is 0 Å². The van der Waals surface area contributed by atoms with E-state index < -0.39 is 24.2 Å². The maximum Gasteiger partial charge on any atom is 0.411 e. The number of carboxylic acid groups (broad SMARTS) is 1. The number of carbonyl (C=O) groups is 3. The third kappa shape index (κ3) is 5.48. The Morgan fingerprint density at radius 2 is 1.80 bits per heavy atom. The van der Waals surface area contributed by atoms with Crippen LogP contribution in [0.1, 0.15) is 31.9 Å². The van der Waals surface area contributed by atoms with E-state index in [2.05, 4.69) is 0 Å². The van der Waals surface area contributed by atoms with Crippen LogP contribution < -0.4 is 0 Å². The van der Waals surface area contributed by atoms with Gasteiger partial charge in [0.1, 0.15) is 18.7 Å². The number of carboxylic acids is 1. The summed E-state index contributed by atoms with van der Waals surface area (Å²) in [6.07, 6.45) is -0.0616. The molecule has 1 N–H and O–H groups in total. The first kappa shape index (κ1) is 18.8. The summed E-state index contributed by atoms with van der Waals surface area (Å²) in [6.45, 7) is 5.18. The number of rotatable bonds is 4. The van der Waals surface area contributed by atoms with Crippen molar-refractivity contribution in [1.29, 1.82) is 0 Å². The van der Waals surface area contributed by atoms with Gasteiger partial charge >= 0.3 is 12.1 Å². The summed E-state index contributed by atoms with van der Waals surface area (Å²) in [5.41, 5.74) is 1.52. The summed E-state index contributed by atoms with van der Waals surface area (Å²) in [7, 11) is 0. The zero-order valence-electron chi connectivity index (χ0n) is 14.8. The molecule has 0 fully saturated rings. The normalized spacial score (nSPS) is 13.8. The van der Waals surface area contributed by atoms with Gasteiger partial charge in [0.25, 0.3) is 0 Å². The average Bonchev–Trinajstić information content (AvgIpc) is 2.51. The number of carbonyl (C=O) groups excluding carboxylic acids is 2. The molecule has 2 rings (SSSR count). The monoisotopic (exact) mass is 348 g/mol. The molecular formula is C18H24N2O5. The lowest BCUT2D eigenvalue weighted by Gasteiger charge is -2.31. The fourth-order valence-electron chi connectivity index (χ4n) is 2.65. The molecule has 7 nitrogen and oxygen atoms in total. The van der Waals surface area contributed by atoms with Gasteiger partial charge in [0.15, 0.2) is 0 Å². The average molecular weight is 348 g/mol. The highest BCUT2D eigenvalue weighted by Crippen LogP contribution is 2.19. The first-order valence-corrected chi connectivity index (χ1v) is 8.20. The molecular weight excluding hydrogens is 324 g/mol. The Hall–Kier alpha value is -2.57. The van der Waals surface area contributed by atoms with E-state index in [1.165, 1.54) is 5.56 Å². The first-order valence-electron chi connectivity index (χ1n) is 8.20. The molecule has 1 heterocycles. The van der Waals surface area contributed by atoms with Gasteiger partial charge in [-0.25, -0.2) is 4.79 Å². The second kappa shape index (κ2) is 7.55. The maximum atomic E-state index is 12.6. The Morgan fingerprint density at radius 3 is 2.40 bits per heavy atom. The molecule has 1 aliphatic heterocycles. The second-order valence-electron chi connectivity index (χ2n) is 7.06. The zero-order valence-corrected chi connectivity index (χ0v) is 14.8. The summed E-state index contributed by atoms with van der Waals surface area (Å²) < 4.78 is 5.20. The smallest absolute Gasteiger partial charge is 0.411 e. The largest absolute Gasteiger partial charge is 0.480 e. The van der Waals surface area contributed by atoms with Crippen LogP contribution in [0.3, 0.4) is 0 Å². The number of fused-ring (bicyclic) bond motifs is 1. The first-order chi connectivity index (χ1) is 11.7. The Bertz CT molecular complexity index is 666. The summed E-state index contributed by atoms with van der Waals surface area (Å²) >= 11 is 0. The quantitative estimate of drug-likeness (QED) is 0.898. The van der Waals surface area contributed by atoms with E-state index in [1.54, 1.807) is 25.7 Å². The van der Waals surface area contributed by atoms with Gasteiger partial charge in [0.05, 0.1) is 0 Å². The second-order valence-corrected chi connectivity index (χ2v) is 7.06. The number of hydrogen-bond acceptors (Lipinski definition) is 4. The van der Waals surface area contributed by atoms with Crippen LogP contribution in [0.25, 0.3) is 0 Å². The molecule has 0 radical (unpaired) electrons. The van der Waals surface area contributed by atoms with Gasteiger partial charge in [-0.2, -0.15) is 0 Å². The Kier molecular flexibility index (Phi) is 5.66. The van der Waals surface area contributed by atoms with Crippen molar-refractivity contribution in [3.05, 3.63) is 35.4 Å². The van der Waals surface area contributed by atoms with Crippen molar-refractivity contribution in [2.75, 3.05) is 19.6 Å². The highest BCUT2D eigenvalue weighted by Gasteiger charge is 2.28. The molecule has 2 amide bonds. The minimum atomic E-state index is -1.19. The van der Waals surface area contributed by atoms with Gasteiger partial charge in [-0.3, -0.25) is 14.5 Å². The minimum absolute atomic E-state index is 0.290. The fourth-order valence-corrected chi connectivity index (χ4v) is 2.65. The van der Waals surface area contributed by atoms with E-state index in [4.69, 9.17) is 9.84 Å². The fraction of sp³-hybridized carbons (Fsp3) is 0.500. The van der Waals surface area contributed by atoms with Crippen LogP contribution >= 0.6 is 0 Å². The molecule has 0 bridgehead atoms. The number of aliphatic carboxylic acids is 1. The van der Waals surface area contributed by atoms with Gasteiger partial charge in [-0.15, -0.1) is 0 Å². The molecule has 0 saturated carbocycles. The molecule has 0 saturated heterocycles. The lowest BCUT2D eigenvalue weighted by atomic mass is 10.00. The molecule has 1 aromatic carbocycles. The highest BCUT2D eigenvalue weighted by atomic mass is 16.6.